The van der Waals surface area contributed by atoms with Crippen molar-refractivity contribution >= 4 is 67.1 Å². The first kappa shape index (κ1) is 61.1. The van der Waals surface area contributed by atoms with E-state index in [1.54, 1.807) is 23.9 Å². The third kappa shape index (κ3) is 18.2. The standard InChI is InChI=1S/C68H94N4O6/c1-67(2,3)77-65(75)71(9)49-61-55-41-33-29-37-51(55)59(52-38-30-34-42-56(52)61)47-69(7)63(73)45-27-25-23-21-19-17-15-13-11-12-14-16-18-20-22-24-26-28-46-64(74)70(8)48-60-53-39-31-35-43-57(53)62(58-44-36-32-40-54(58)60)50-72(10)66(76)78-68(4,5)6/h29-44H,11-28,45-50H2,1-10H3. The highest BCUT2D eigenvalue weighted by Crippen LogP contribution is 2.37. The van der Waals surface area contributed by atoms with Crippen LogP contribution in [0.25, 0.3) is 43.1 Å². The number of carbonyl (C=O) groups excluding carboxylic acids is 4. The van der Waals surface area contributed by atoms with Crippen molar-refractivity contribution in [1.82, 2.24) is 19.6 Å². The van der Waals surface area contributed by atoms with E-state index in [2.05, 4.69) is 72.8 Å². The fourth-order valence-corrected chi connectivity index (χ4v) is 11.0. The van der Waals surface area contributed by atoms with Crippen molar-refractivity contribution < 1.29 is 28.7 Å². The fraction of sp³-hybridized carbons (Fsp3) is 0.529. The molecule has 78 heavy (non-hydrogen) atoms. The number of rotatable bonds is 29. The number of nitrogens with zero attached hydrogens (tertiary/aromatic N) is 4. The topological polar surface area (TPSA) is 99.7 Å². The summed E-state index contributed by atoms with van der Waals surface area (Å²) in [5.74, 6) is 0.371. The fourth-order valence-electron chi connectivity index (χ4n) is 11.0. The van der Waals surface area contributed by atoms with Crippen LogP contribution in [0.1, 0.15) is 192 Å². The maximum atomic E-state index is 13.4. The molecule has 4 amide bonds. The average molecular weight is 1060 g/mol. The Labute approximate surface area is 468 Å². The van der Waals surface area contributed by atoms with Gasteiger partial charge in [0.05, 0.1) is 0 Å². The number of benzene rings is 6. The number of amides is 4. The number of fused-ring (bicyclic) bond motifs is 4. The molecule has 6 aromatic rings. The molecule has 0 fully saturated rings. The molecule has 0 aliphatic carbocycles. The Bertz CT molecular complexity index is 2600. The molecule has 10 heteroatoms. The van der Waals surface area contributed by atoms with Gasteiger partial charge in [0.1, 0.15) is 11.2 Å². The van der Waals surface area contributed by atoms with Crippen molar-refractivity contribution in [1.29, 1.82) is 0 Å². The van der Waals surface area contributed by atoms with Crippen LogP contribution in [0.2, 0.25) is 0 Å². The first-order valence-electron chi connectivity index (χ1n) is 29.5. The van der Waals surface area contributed by atoms with E-state index in [1.165, 1.54) is 89.9 Å². The summed E-state index contributed by atoms with van der Waals surface area (Å²) >= 11 is 0. The van der Waals surface area contributed by atoms with E-state index in [0.29, 0.717) is 39.0 Å². The molecular weight excluding hydrogens is 969 g/mol. The summed E-state index contributed by atoms with van der Waals surface area (Å²) in [6.45, 7) is 13.2. The van der Waals surface area contributed by atoms with E-state index < -0.39 is 11.2 Å². The molecule has 0 aliphatic heterocycles. The molecule has 0 aromatic heterocycles. The van der Waals surface area contributed by atoms with Crippen LogP contribution in [-0.4, -0.2) is 83.0 Å². The van der Waals surface area contributed by atoms with Gasteiger partial charge in [-0.15, -0.1) is 0 Å². The molecule has 0 saturated heterocycles. The highest BCUT2D eigenvalue weighted by molar-refractivity contribution is 6.07. The molecule has 0 bridgehead atoms. The maximum absolute atomic E-state index is 13.4. The zero-order valence-electron chi connectivity index (χ0n) is 49.4. The predicted molar refractivity (Wildman–Crippen MR) is 324 cm³/mol. The van der Waals surface area contributed by atoms with E-state index in [4.69, 9.17) is 9.47 Å². The van der Waals surface area contributed by atoms with Gasteiger partial charge >= 0.3 is 12.2 Å². The second-order valence-corrected chi connectivity index (χ2v) is 24.1. The van der Waals surface area contributed by atoms with E-state index >= 15 is 0 Å². The van der Waals surface area contributed by atoms with Crippen molar-refractivity contribution in [3.8, 4) is 0 Å². The lowest BCUT2D eigenvalue weighted by Gasteiger charge is -2.26. The maximum Gasteiger partial charge on any atom is 0.410 e. The molecular formula is C68H94N4O6. The molecule has 422 valence electrons. The Kier molecular flexibility index (Phi) is 23.3. The third-order valence-electron chi connectivity index (χ3n) is 15.2. The van der Waals surface area contributed by atoms with Gasteiger partial charge < -0.3 is 29.1 Å². The van der Waals surface area contributed by atoms with Gasteiger partial charge in [-0.2, -0.15) is 0 Å². The van der Waals surface area contributed by atoms with Gasteiger partial charge in [-0.05, 0) is 120 Å². The SMILES string of the molecule is CN(Cc1c2ccccc2c(CN(C)C(=O)OC(C)(C)C)c2ccccc12)C(=O)CCCCCCCCCCCCCCCCCCCCC(=O)N(C)Cc1c2ccccc2c(CN(C)C(=O)OC(C)(C)C)c2ccccc12. The molecule has 10 nitrogen and oxygen atoms in total. The largest absolute Gasteiger partial charge is 0.444 e. The second kappa shape index (κ2) is 29.7. The highest BCUT2D eigenvalue weighted by Gasteiger charge is 2.25. The molecule has 0 atom stereocenters. The zero-order chi connectivity index (χ0) is 56.2. The summed E-state index contributed by atoms with van der Waals surface area (Å²) in [4.78, 5) is 59.8. The molecule has 6 rings (SSSR count). The van der Waals surface area contributed by atoms with E-state index in [-0.39, 0.29) is 24.0 Å². The Morgan fingerprint density at radius 2 is 0.487 bits per heavy atom. The quantitative estimate of drug-likeness (QED) is 0.0343. The van der Waals surface area contributed by atoms with Crippen molar-refractivity contribution in [2.75, 3.05) is 28.2 Å². The first-order valence-corrected chi connectivity index (χ1v) is 29.5. The minimum absolute atomic E-state index is 0.186. The van der Waals surface area contributed by atoms with Gasteiger partial charge in [-0.3, -0.25) is 9.59 Å². The molecule has 0 radical (unpaired) electrons. The summed E-state index contributed by atoms with van der Waals surface area (Å²) in [5.41, 5.74) is 3.29. The summed E-state index contributed by atoms with van der Waals surface area (Å²) in [6.07, 6.45) is 22.5. The normalized spacial score (nSPS) is 11.9. The Balaban J connectivity index is 0.784. The number of unbranched alkanes of at least 4 members (excludes halogenated alkanes) is 17. The highest BCUT2D eigenvalue weighted by atomic mass is 16.6. The van der Waals surface area contributed by atoms with Crippen LogP contribution in [0, 0.1) is 0 Å². The smallest absolute Gasteiger partial charge is 0.410 e. The van der Waals surface area contributed by atoms with Crippen LogP contribution in [0.3, 0.4) is 0 Å². The van der Waals surface area contributed by atoms with E-state index in [0.717, 1.165) is 91.0 Å². The molecule has 6 aromatic carbocycles. The van der Waals surface area contributed by atoms with Crippen molar-refractivity contribution in [2.24, 2.45) is 0 Å². The summed E-state index contributed by atoms with van der Waals surface area (Å²) in [6, 6.07) is 33.4. The number of hydrogen-bond donors (Lipinski definition) is 0. The van der Waals surface area contributed by atoms with E-state index in [1.807, 2.05) is 89.7 Å². The zero-order valence-corrected chi connectivity index (χ0v) is 49.4. The Morgan fingerprint density at radius 3 is 0.679 bits per heavy atom. The van der Waals surface area contributed by atoms with Gasteiger partial charge in [0, 0.05) is 67.2 Å². The van der Waals surface area contributed by atoms with E-state index in [9.17, 15) is 19.2 Å². The van der Waals surface area contributed by atoms with Gasteiger partial charge in [-0.1, -0.05) is 200 Å². The number of hydrogen-bond acceptors (Lipinski definition) is 6. The van der Waals surface area contributed by atoms with Crippen molar-refractivity contribution in [3.63, 3.8) is 0 Å². The van der Waals surface area contributed by atoms with Crippen LogP contribution in [0.15, 0.2) is 97.1 Å². The first-order chi connectivity index (χ1) is 37.3. The molecule has 0 spiro atoms. The Hall–Kier alpha value is -6.16. The van der Waals surface area contributed by atoms with Gasteiger partial charge in [0.2, 0.25) is 11.8 Å². The summed E-state index contributed by atoms with van der Waals surface area (Å²) < 4.78 is 11.3. The second-order valence-electron chi connectivity index (χ2n) is 24.1. The van der Waals surface area contributed by atoms with Crippen LogP contribution in [0.5, 0.6) is 0 Å². The minimum atomic E-state index is -0.572. The monoisotopic (exact) mass is 1060 g/mol. The molecule has 0 N–H and O–H groups in total. The average Bonchev–Trinajstić information content (AvgIpc) is 3.46. The van der Waals surface area contributed by atoms with Crippen LogP contribution < -0.4 is 0 Å². The molecule has 0 unspecified atom stereocenters. The summed E-state index contributed by atoms with van der Waals surface area (Å²) in [7, 11) is 7.43. The van der Waals surface area contributed by atoms with Gasteiger partial charge in [0.25, 0.3) is 0 Å². The van der Waals surface area contributed by atoms with Gasteiger partial charge in [0.15, 0.2) is 0 Å². The predicted octanol–water partition coefficient (Wildman–Crippen LogP) is 17.5. The van der Waals surface area contributed by atoms with Gasteiger partial charge in [-0.25, -0.2) is 9.59 Å². The van der Waals surface area contributed by atoms with Crippen molar-refractivity contribution in [2.45, 2.75) is 207 Å². The lowest BCUT2D eigenvalue weighted by molar-refractivity contribution is -0.131. The third-order valence-corrected chi connectivity index (χ3v) is 15.2. The van der Waals surface area contributed by atoms with Crippen LogP contribution in [-0.2, 0) is 45.2 Å². The Morgan fingerprint density at radius 1 is 0.308 bits per heavy atom. The molecule has 0 aliphatic rings. The number of carbonyl (C=O) groups is 4. The minimum Gasteiger partial charge on any atom is -0.444 e. The number of ether oxygens (including phenoxy) is 2. The molecule has 0 heterocycles. The van der Waals surface area contributed by atoms with Crippen molar-refractivity contribution in [3.05, 3.63) is 119 Å². The lowest BCUT2D eigenvalue weighted by atomic mass is 9.91. The van der Waals surface area contributed by atoms with Crippen LogP contribution >= 0.6 is 0 Å². The van der Waals surface area contributed by atoms with Crippen LogP contribution in [0.4, 0.5) is 9.59 Å². The lowest BCUT2D eigenvalue weighted by Crippen LogP contribution is -2.34. The molecule has 0 saturated carbocycles. The summed E-state index contributed by atoms with van der Waals surface area (Å²) in [5, 5.41) is 8.81.